The second-order valence-corrected chi connectivity index (χ2v) is 9.70. The lowest BCUT2D eigenvalue weighted by Crippen LogP contribution is -2.13. The Balaban J connectivity index is 1.60. The van der Waals surface area contributed by atoms with Gasteiger partial charge in [0.25, 0.3) is 10.0 Å². The molecule has 182 valence electrons. The van der Waals surface area contributed by atoms with Gasteiger partial charge >= 0.3 is 0 Å². The number of aryl methyl sites for hydroxylation is 2. The van der Waals surface area contributed by atoms with Crippen molar-refractivity contribution in [2.45, 2.75) is 18.7 Å². The Morgan fingerprint density at radius 1 is 1.00 bits per heavy atom. The van der Waals surface area contributed by atoms with Gasteiger partial charge in [-0.2, -0.15) is 0 Å². The van der Waals surface area contributed by atoms with E-state index in [1.54, 1.807) is 26.2 Å². The standard InChI is InChI=1S/C25H20FN5O4S/c1-14-10-19(23(34-3)12-18(14)21-7-6-20(26)15(2)29-21)25-17-5-4-16(11-22(17)27-13-28-25)36(32,33)31-24-8-9-35-30-24/h4-13H,1-3H3,(H,30,31). The molecule has 0 aliphatic heterocycles. The first-order valence-corrected chi connectivity index (χ1v) is 12.3. The molecule has 0 bridgehead atoms. The summed E-state index contributed by atoms with van der Waals surface area (Å²) in [4.78, 5) is 13.1. The molecule has 1 N–H and O–H groups in total. The van der Waals surface area contributed by atoms with Crippen LogP contribution >= 0.6 is 0 Å². The zero-order valence-electron chi connectivity index (χ0n) is 19.5. The molecule has 0 aliphatic carbocycles. The number of nitrogens with zero attached hydrogens (tertiary/aromatic N) is 4. The predicted octanol–water partition coefficient (Wildman–Crippen LogP) is 4.91. The first kappa shape index (κ1) is 23.4. The van der Waals surface area contributed by atoms with Gasteiger partial charge in [-0.15, -0.1) is 0 Å². The SMILES string of the molecule is COc1cc(-c2ccc(F)c(C)n2)c(C)cc1-c1ncnc2cc(S(=O)(=O)Nc3ccon3)ccc12. The maximum atomic E-state index is 13.7. The molecule has 36 heavy (non-hydrogen) atoms. The van der Waals surface area contributed by atoms with Gasteiger partial charge in [0.2, 0.25) is 0 Å². The fourth-order valence-electron chi connectivity index (χ4n) is 3.89. The van der Waals surface area contributed by atoms with Crippen LogP contribution in [0.2, 0.25) is 0 Å². The number of fused-ring (bicyclic) bond motifs is 1. The summed E-state index contributed by atoms with van der Waals surface area (Å²) in [5, 5.41) is 4.22. The lowest BCUT2D eigenvalue weighted by Gasteiger charge is -2.15. The summed E-state index contributed by atoms with van der Waals surface area (Å²) in [5.41, 5.74) is 4.31. The Labute approximate surface area is 206 Å². The summed E-state index contributed by atoms with van der Waals surface area (Å²) in [6.07, 6.45) is 2.64. The first-order valence-electron chi connectivity index (χ1n) is 10.8. The van der Waals surface area contributed by atoms with E-state index in [9.17, 15) is 12.8 Å². The van der Waals surface area contributed by atoms with E-state index in [4.69, 9.17) is 4.74 Å². The number of hydrogen-bond acceptors (Lipinski definition) is 8. The van der Waals surface area contributed by atoms with Crippen molar-refractivity contribution < 1.29 is 22.1 Å². The molecule has 9 nitrogen and oxygen atoms in total. The van der Waals surface area contributed by atoms with Crippen LogP contribution in [-0.4, -0.2) is 35.6 Å². The van der Waals surface area contributed by atoms with Crippen LogP contribution in [0.5, 0.6) is 5.75 Å². The average molecular weight is 506 g/mol. The second kappa shape index (κ2) is 9.00. The highest BCUT2D eigenvalue weighted by Gasteiger charge is 2.20. The molecule has 11 heteroatoms. The summed E-state index contributed by atoms with van der Waals surface area (Å²) >= 11 is 0. The highest BCUT2D eigenvalue weighted by atomic mass is 32.2. The van der Waals surface area contributed by atoms with Crippen LogP contribution in [0, 0.1) is 19.7 Å². The van der Waals surface area contributed by atoms with Gasteiger partial charge in [-0.3, -0.25) is 9.71 Å². The van der Waals surface area contributed by atoms with Crippen molar-refractivity contribution in [3.8, 4) is 28.3 Å². The molecule has 3 aromatic heterocycles. The number of nitrogens with one attached hydrogen (secondary N) is 1. The molecule has 5 aromatic rings. The molecule has 0 radical (unpaired) electrons. The fraction of sp³-hybridized carbons (Fsp3) is 0.120. The lowest BCUT2D eigenvalue weighted by molar-refractivity contribution is 0.416. The number of sulfonamides is 1. The van der Waals surface area contributed by atoms with Crippen molar-refractivity contribution in [1.29, 1.82) is 0 Å². The van der Waals surface area contributed by atoms with E-state index in [2.05, 4.69) is 29.4 Å². The number of methoxy groups -OCH3 is 1. The Kier molecular flexibility index (Phi) is 5.84. The zero-order valence-corrected chi connectivity index (χ0v) is 20.3. The number of ether oxygens (including phenoxy) is 1. The number of anilines is 1. The molecule has 0 aliphatic rings. The van der Waals surface area contributed by atoms with Crippen molar-refractivity contribution >= 4 is 26.7 Å². The van der Waals surface area contributed by atoms with E-state index in [0.29, 0.717) is 39.3 Å². The van der Waals surface area contributed by atoms with Crippen LogP contribution in [0.15, 0.2) is 70.5 Å². The molecule has 0 unspecified atom stereocenters. The summed E-state index contributed by atoms with van der Waals surface area (Å²) in [6.45, 7) is 3.53. The van der Waals surface area contributed by atoms with Crippen molar-refractivity contribution in [2.75, 3.05) is 11.8 Å². The van der Waals surface area contributed by atoms with Crippen molar-refractivity contribution in [3.63, 3.8) is 0 Å². The molecule has 0 spiro atoms. The summed E-state index contributed by atoms with van der Waals surface area (Å²) in [5.74, 6) is 0.235. The minimum atomic E-state index is -3.91. The van der Waals surface area contributed by atoms with Crippen LogP contribution in [0.25, 0.3) is 33.4 Å². The van der Waals surface area contributed by atoms with Crippen LogP contribution in [0.1, 0.15) is 11.3 Å². The maximum absolute atomic E-state index is 13.7. The van der Waals surface area contributed by atoms with Gasteiger partial charge < -0.3 is 9.26 Å². The Morgan fingerprint density at radius 2 is 1.83 bits per heavy atom. The van der Waals surface area contributed by atoms with Crippen LogP contribution < -0.4 is 9.46 Å². The van der Waals surface area contributed by atoms with E-state index >= 15 is 0 Å². The number of halogens is 1. The average Bonchev–Trinajstić information content (AvgIpc) is 3.37. The lowest BCUT2D eigenvalue weighted by atomic mass is 9.97. The molecular formula is C25H20FN5O4S. The molecule has 2 aromatic carbocycles. The molecule has 0 saturated heterocycles. The van der Waals surface area contributed by atoms with Gasteiger partial charge in [0.05, 0.1) is 34.6 Å². The van der Waals surface area contributed by atoms with E-state index in [-0.39, 0.29) is 16.5 Å². The monoisotopic (exact) mass is 505 g/mol. The molecular weight excluding hydrogens is 485 g/mol. The van der Waals surface area contributed by atoms with Crippen molar-refractivity contribution in [2.24, 2.45) is 0 Å². The number of rotatable bonds is 6. The van der Waals surface area contributed by atoms with Crippen molar-refractivity contribution in [1.82, 2.24) is 20.1 Å². The summed E-state index contributed by atoms with van der Waals surface area (Å²) in [6, 6.07) is 12.7. The zero-order chi connectivity index (χ0) is 25.4. The van der Waals surface area contributed by atoms with Crippen molar-refractivity contribution in [3.05, 3.63) is 78.2 Å². The molecule has 5 rings (SSSR count). The van der Waals surface area contributed by atoms with Gasteiger partial charge in [0.15, 0.2) is 5.82 Å². The topological polar surface area (TPSA) is 120 Å². The molecule has 0 saturated carbocycles. The number of hydrogen-bond donors (Lipinski definition) is 1. The third kappa shape index (κ3) is 4.24. The van der Waals surface area contributed by atoms with Gasteiger partial charge in [0, 0.05) is 22.6 Å². The van der Waals surface area contributed by atoms with Crippen LogP contribution in [-0.2, 0) is 10.0 Å². The second-order valence-electron chi connectivity index (χ2n) is 8.02. The van der Waals surface area contributed by atoms with E-state index in [1.807, 2.05) is 19.1 Å². The van der Waals surface area contributed by atoms with Gasteiger partial charge in [-0.25, -0.2) is 22.8 Å². The molecule has 0 amide bonds. The number of aromatic nitrogens is 4. The Morgan fingerprint density at radius 3 is 2.56 bits per heavy atom. The van der Waals surface area contributed by atoms with Gasteiger partial charge in [-0.1, -0.05) is 5.16 Å². The highest BCUT2D eigenvalue weighted by molar-refractivity contribution is 7.92. The Bertz CT molecular complexity index is 1710. The van der Waals surface area contributed by atoms with E-state index < -0.39 is 10.0 Å². The largest absolute Gasteiger partial charge is 0.496 e. The van der Waals surface area contributed by atoms with Gasteiger partial charge in [0.1, 0.15) is 24.2 Å². The Hall–Kier alpha value is -4.38. The molecule has 3 heterocycles. The third-order valence-electron chi connectivity index (χ3n) is 5.69. The smallest absolute Gasteiger partial charge is 0.263 e. The predicted molar refractivity (Wildman–Crippen MR) is 132 cm³/mol. The number of pyridine rings is 1. The van der Waals surface area contributed by atoms with Gasteiger partial charge in [-0.05, 0) is 61.9 Å². The van der Waals surface area contributed by atoms with Crippen LogP contribution in [0.3, 0.4) is 0 Å². The highest BCUT2D eigenvalue weighted by Crippen LogP contribution is 2.38. The third-order valence-corrected chi connectivity index (χ3v) is 7.05. The fourth-order valence-corrected chi connectivity index (χ4v) is 4.90. The van der Waals surface area contributed by atoms with Crippen LogP contribution in [0.4, 0.5) is 10.2 Å². The van der Waals surface area contributed by atoms with E-state index in [0.717, 1.165) is 11.1 Å². The molecule has 0 atom stereocenters. The summed E-state index contributed by atoms with van der Waals surface area (Å²) < 4.78 is 52.0. The maximum Gasteiger partial charge on any atom is 0.263 e. The summed E-state index contributed by atoms with van der Waals surface area (Å²) in [7, 11) is -2.36. The minimum absolute atomic E-state index is 0.0129. The minimum Gasteiger partial charge on any atom is -0.496 e. The first-order chi connectivity index (χ1) is 17.3. The molecule has 0 fully saturated rings. The normalized spacial score (nSPS) is 11.6. The quantitative estimate of drug-likeness (QED) is 0.346. The van der Waals surface area contributed by atoms with E-state index in [1.165, 1.54) is 36.9 Å². The number of benzene rings is 2.